The normalized spacial score (nSPS) is 20.5. The zero-order valence-electron chi connectivity index (χ0n) is 8.92. The highest BCUT2D eigenvalue weighted by atomic mass is 35.5. The number of hydrogen-bond acceptors (Lipinski definition) is 2. The lowest BCUT2D eigenvalue weighted by atomic mass is 10.1. The molecule has 1 aliphatic heterocycles. The monoisotopic (exact) mass is 241 g/mol. The molecule has 15 heavy (non-hydrogen) atoms. The van der Waals surface area contributed by atoms with Crippen LogP contribution in [0.1, 0.15) is 12.0 Å². The molecular weight excluding hydrogens is 226 g/mol. The maximum atomic E-state index is 6.11. The minimum Gasteiger partial charge on any atom is -0.384 e. The molecule has 0 amide bonds. The summed E-state index contributed by atoms with van der Waals surface area (Å²) < 4.78 is 0. The van der Waals surface area contributed by atoms with Gasteiger partial charge in [0.2, 0.25) is 0 Å². The number of rotatable bonds is 3. The van der Waals surface area contributed by atoms with Crippen LogP contribution < -0.4 is 5.32 Å². The number of anilines is 1. The van der Waals surface area contributed by atoms with E-state index in [-0.39, 0.29) is 0 Å². The van der Waals surface area contributed by atoms with Gasteiger partial charge in [-0.2, -0.15) is 11.8 Å². The van der Waals surface area contributed by atoms with Crippen molar-refractivity contribution in [3.05, 3.63) is 28.8 Å². The van der Waals surface area contributed by atoms with Crippen molar-refractivity contribution in [3.8, 4) is 0 Å². The molecule has 0 bridgehead atoms. The molecule has 0 saturated carbocycles. The fraction of sp³-hybridized carbons (Fsp3) is 0.500. The molecule has 2 rings (SSSR count). The maximum Gasteiger partial charge on any atom is 0.0637 e. The van der Waals surface area contributed by atoms with Gasteiger partial charge in [0.1, 0.15) is 0 Å². The fourth-order valence-corrected chi connectivity index (χ4v) is 3.24. The van der Waals surface area contributed by atoms with Gasteiger partial charge >= 0.3 is 0 Å². The third-order valence-electron chi connectivity index (χ3n) is 2.73. The largest absolute Gasteiger partial charge is 0.384 e. The van der Waals surface area contributed by atoms with Crippen LogP contribution in [-0.2, 0) is 0 Å². The fourth-order valence-electron chi connectivity index (χ4n) is 1.77. The van der Waals surface area contributed by atoms with E-state index < -0.39 is 0 Å². The quantitative estimate of drug-likeness (QED) is 0.864. The van der Waals surface area contributed by atoms with Crippen LogP contribution in [0.4, 0.5) is 5.69 Å². The number of hydrogen-bond donors (Lipinski definition) is 1. The second kappa shape index (κ2) is 5.13. The summed E-state index contributed by atoms with van der Waals surface area (Å²) in [5, 5.41) is 4.28. The number of aryl methyl sites for hydroxylation is 1. The molecule has 1 aromatic carbocycles. The summed E-state index contributed by atoms with van der Waals surface area (Å²) in [6, 6.07) is 6.12. The molecule has 1 unspecified atom stereocenters. The summed E-state index contributed by atoms with van der Waals surface area (Å²) in [6.45, 7) is 3.14. The first-order valence-electron chi connectivity index (χ1n) is 5.33. The van der Waals surface area contributed by atoms with E-state index in [4.69, 9.17) is 11.6 Å². The van der Waals surface area contributed by atoms with E-state index in [9.17, 15) is 0 Å². The standard InChI is InChI=1S/C12H16ClNS/c1-9-2-3-11(13)12(6-9)14-7-10-4-5-15-8-10/h2-3,6,10,14H,4-5,7-8H2,1H3. The minimum absolute atomic E-state index is 0.812. The van der Waals surface area contributed by atoms with Crippen molar-refractivity contribution in [1.82, 2.24) is 0 Å². The zero-order chi connectivity index (χ0) is 10.7. The number of benzene rings is 1. The summed E-state index contributed by atoms with van der Waals surface area (Å²) in [6.07, 6.45) is 1.33. The SMILES string of the molecule is Cc1ccc(Cl)c(NCC2CCSC2)c1. The van der Waals surface area contributed by atoms with Gasteiger partial charge in [-0.3, -0.25) is 0 Å². The molecule has 82 valence electrons. The Labute approximate surface area is 101 Å². The summed E-state index contributed by atoms with van der Waals surface area (Å²) in [7, 11) is 0. The number of nitrogens with one attached hydrogen (secondary N) is 1. The molecule has 1 aromatic rings. The second-order valence-corrected chi connectivity index (χ2v) is 5.65. The molecule has 1 heterocycles. The first-order chi connectivity index (χ1) is 7.25. The average Bonchev–Trinajstić information content (AvgIpc) is 2.72. The van der Waals surface area contributed by atoms with Crippen LogP contribution in [-0.4, -0.2) is 18.1 Å². The molecule has 0 aliphatic carbocycles. The van der Waals surface area contributed by atoms with Crippen molar-refractivity contribution in [1.29, 1.82) is 0 Å². The Morgan fingerprint density at radius 3 is 3.13 bits per heavy atom. The number of thioether (sulfide) groups is 1. The highest BCUT2D eigenvalue weighted by molar-refractivity contribution is 7.99. The van der Waals surface area contributed by atoms with E-state index in [1.807, 2.05) is 12.1 Å². The summed E-state index contributed by atoms with van der Waals surface area (Å²) in [4.78, 5) is 0. The van der Waals surface area contributed by atoms with Crippen molar-refractivity contribution in [2.75, 3.05) is 23.4 Å². The van der Waals surface area contributed by atoms with Crippen LogP contribution in [0.15, 0.2) is 18.2 Å². The summed E-state index contributed by atoms with van der Waals surface area (Å²) in [5.41, 5.74) is 2.33. The van der Waals surface area contributed by atoms with Gasteiger partial charge in [-0.25, -0.2) is 0 Å². The Hall–Kier alpha value is -0.340. The van der Waals surface area contributed by atoms with Crippen LogP contribution in [0.3, 0.4) is 0 Å². The topological polar surface area (TPSA) is 12.0 Å². The summed E-state index contributed by atoms with van der Waals surface area (Å²) in [5.74, 6) is 3.41. The summed E-state index contributed by atoms with van der Waals surface area (Å²) >= 11 is 8.17. The Balaban J connectivity index is 1.94. The molecule has 1 nitrogen and oxygen atoms in total. The van der Waals surface area contributed by atoms with E-state index in [1.165, 1.54) is 23.5 Å². The van der Waals surface area contributed by atoms with Gasteiger partial charge in [-0.05, 0) is 48.5 Å². The molecule has 1 atom stereocenters. The molecule has 1 fully saturated rings. The van der Waals surface area contributed by atoms with Gasteiger partial charge < -0.3 is 5.32 Å². The van der Waals surface area contributed by atoms with Crippen molar-refractivity contribution in [2.45, 2.75) is 13.3 Å². The molecule has 1 N–H and O–H groups in total. The molecule has 1 saturated heterocycles. The van der Waals surface area contributed by atoms with Gasteiger partial charge in [-0.15, -0.1) is 0 Å². The van der Waals surface area contributed by atoms with Gasteiger partial charge in [0.15, 0.2) is 0 Å². The lowest BCUT2D eigenvalue weighted by Gasteiger charge is -2.13. The minimum atomic E-state index is 0.812. The van der Waals surface area contributed by atoms with Crippen LogP contribution >= 0.6 is 23.4 Å². The van der Waals surface area contributed by atoms with Gasteiger partial charge in [0, 0.05) is 6.54 Å². The molecule has 3 heteroatoms. The first kappa shape index (κ1) is 11.2. The Bertz CT molecular complexity index is 334. The van der Waals surface area contributed by atoms with Crippen molar-refractivity contribution in [2.24, 2.45) is 5.92 Å². The third-order valence-corrected chi connectivity index (χ3v) is 4.29. The lowest BCUT2D eigenvalue weighted by molar-refractivity contribution is 0.632. The van der Waals surface area contributed by atoms with E-state index in [0.717, 1.165) is 23.2 Å². The van der Waals surface area contributed by atoms with E-state index >= 15 is 0 Å². The van der Waals surface area contributed by atoms with Crippen molar-refractivity contribution in [3.63, 3.8) is 0 Å². The molecule has 1 aliphatic rings. The smallest absolute Gasteiger partial charge is 0.0637 e. The van der Waals surface area contributed by atoms with Crippen molar-refractivity contribution >= 4 is 29.1 Å². The Morgan fingerprint density at radius 2 is 2.40 bits per heavy atom. The highest BCUT2D eigenvalue weighted by Gasteiger charge is 2.15. The van der Waals surface area contributed by atoms with Crippen molar-refractivity contribution < 1.29 is 0 Å². The lowest BCUT2D eigenvalue weighted by Crippen LogP contribution is -2.13. The second-order valence-electron chi connectivity index (χ2n) is 4.09. The zero-order valence-corrected chi connectivity index (χ0v) is 10.5. The van der Waals surface area contributed by atoms with Gasteiger partial charge in [-0.1, -0.05) is 17.7 Å². The average molecular weight is 242 g/mol. The van der Waals surface area contributed by atoms with Crippen LogP contribution in [0.5, 0.6) is 0 Å². The Kier molecular flexibility index (Phi) is 3.81. The first-order valence-corrected chi connectivity index (χ1v) is 6.87. The van der Waals surface area contributed by atoms with Gasteiger partial charge in [0.25, 0.3) is 0 Å². The van der Waals surface area contributed by atoms with Crippen LogP contribution in [0.25, 0.3) is 0 Å². The predicted octanol–water partition coefficient (Wildman–Crippen LogP) is 3.81. The van der Waals surface area contributed by atoms with E-state index in [0.29, 0.717) is 0 Å². The highest BCUT2D eigenvalue weighted by Crippen LogP contribution is 2.26. The molecule has 0 aromatic heterocycles. The van der Waals surface area contributed by atoms with E-state index in [1.54, 1.807) is 0 Å². The maximum absolute atomic E-state index is 6.11. The van der Waals surface area contributed by atoms with Crippen LogP contribution in [0, 0.1) is 12.8 Å². The molecule has 0 radical (unpaired) electrons. The van der Waals surface area contributed by atoms with Crippen LogP contribution in [0.2, 0.25) is 5.02 Å². The molecular formula is C12H16ClNS. The van der Waals surface area contributed by atoms with Gasteiger partial charge in [0.05, 0.1) is 10.7 Å². The number of halogens is 1. The third kappa shape index (κ3) is 3.05. The predicted molar refractivity (Wildman–Crippen MR) is 70.1 cm³/mol. The van der Waals surface area contributed by atoms with E-state index in [2.05, 4.69) is 30.1 Å². The molecule has 0 spiro atoms. The Morgan fingerprint density at radius 1 is 1.53 bits per heavy atom.